The zero-order valence-corrected chi connectivity index (χ0v) is 17.1. The summed E-state index contributed by atoms with van der Waals surface area (Å²) in [5.41, 5.74) is 3.23. The molecule has 0 N–H and O–H groups in total. The summed E-state index contributed by atoms with van der Waals surface area (Å²) in [5, 5.41) is 0. The van der Waals surface area contributed by atoms with E-state index in [-0.39, 0.29) is 5.91 Å². The van der Waals surface area contributed by atoms with Crippen molar-refractivity contribution in [3.63, 3.8) is 0 Å². The first-order valence-corrected chi connectivity index (χ1v) is 10.5. The summed E-state index contributed by atoms with van der Waals surface area (Å²) in [6.07, 6.45) is 7.17. The van der Waals surface area contributed by atoms with Gasteiger partial charge >= 0.3 is 0 Å². The van der Waals surface area contributed by atoms with Crippen LogP contribution >= 0.6 is 0 Å². The number of benzene rings is 2. The molecule has 0 atom stereocenters. The van der Waals surface area contributed by atoms with Crippen LogP contribution in [0.2, 0.25) is 0 Å². The summed E-state index contributed by atoms with van der Waals surface area (Å²) in [6.45, 7) is 2.72. The average molecular weight is 388 g/mol. The standard InChI is InChI=1S/C25H29N3O/c1-26(18-13-21-7-3-2-4-8-21)23-14-19-28(20-15-23)25(29)22-9-11-24(12-10-22)27-16-5-6-17-27/h2-12,16-17,23H,13-15,18-20H2,1H3. The van der Waals surface area contributed by atoms with Crippen LogP contribution in [0.15, 0.2) is 79.1 Å². The molecule has 2 aromatic carbocycles. The van der Waals surface area contributed by atoms with Crippen molar-refractivity contribution in [3.8, 4) is 5.69 Å². The van der Waals surface area contributed by atoms with Crippen LogP contribution in [0.5, 0.6) is 0 Å². The third-order valence-corrected chi connectivity index (χ3v) is 5.99. The quantitative estimate of drug-likeness (QED) is 0.632. The molecule has 0 saturated carbocycles. The van der Waals surface area contributed by atoms with Crippen molar-refractivity contribution in [2.75, 3.05) is 26.7 Å². The van der Waals surface area contributed by atoms with E-state index in [1.807, 2.05) is 58.3 Å². The molecule has 1 aromatic heterocycles. The Labute approximate surface area is 173 Å². The molecule has 0 bridgehead atoms. The van der Waals surface area contributed by atoms with E-state index >= 15 is 0 Å². The minimum Gasteiger partial charge on any atom is -0.339 e. The Bertz CT molecular complexity index is 895. The lowest BCUT2D eigenvalue weighted by Gasteiger charge is -2.37. The van der Waals surface area contributed by atoms with Gasteiger partial charge in [0, 0.05) is 49.3 Å². The first-order valence-electron chi connectivity index (χ1n) is 10.5. The molecular formula is C25H29N3O. The number of hydrogen-bond donors (Lipinski definition) is 0. The summed E-state index contributed by atoms with van der Waals surface area (Å²) in [4.78, 5) is 17.4. The van der Waals surface area contributed by atoms with Crippen molar-refractivity contribution in [2.45, 2.75) is 25.3 Å². The Morgan fingerprint density at radius 2 is 1.59 bits per heavy atom. The van der Waals surface area contributed by atoms with Crippen LogP contribution in [0, 0.1) is 0 Å². The van der Waals surface area contributed by atoms with E-state index in [0.29, 0.717) is 6.04 Å². The highest BCUT2D eigenvalue weighted by Crippen LogP contribution is 2.19. The number of rotatable bonds is 6. The third-order valence-electron chi connectivity index (χ3n) is 5.99. The van der Waals surface area contributed by atoms with E-state index in [9.17, 15) is 4.79 Å². The van der Waals surface area contributed by atoms with Gasteiger partial charge in [0.25, 0.3) is 5.91 Å². The molecule has 0 radical (unpaired) electrons. The van der Waals surface area contributed by atoms with Gasteiger partial charge in [-0.3, -0.25) is 4.79 Å². The first-order chi connectivity index (χ1) is 14.2. The van der Waals surface area contributed by atoms with Gasteiger partial charge in [-0.15, -0.1) is 0 Å². The number of likely N-dealkylation sites (tertiary alicyclic amines) is 1. The molecule has 4 rings (SSSR count). The number of hydrogen-bond acceptors (Lipinski definition) is 2. The lowest BCUT2D eigenvalue weighted by molar-refractivity contribution is 0.0647. The predicted octanol–water partition coefficient (Wildman–Crippen LogP) is 4.26. The molecule has 2 heterocycles. The predicted molar refractivity (Wildman–Crippen MR) is 117 cm³/mol. The summed E-state index contributed by atoms with van der Waals surface area (Å²) in [7, 11) is 2.21. The van der Waals surface area contributed by atoms with Gasteiger partial charge in [0.05, 0.1) is 0 Å². The normalized spacial score (nSPS) is 15.0. The van der Waals surface area contributed by atoms with E-state index in [2.05, 4.69) is 42.3 Å². The number of aromatic nitrogens is 1. The van der Waals surface area contributed by atoms with Crippen LogP contribution in [0.3, 0.4) is 0 Å². The zero-order valence-electron chi connectivity index (χ0n) is 17.1. The molecule has 0 spiro atoms. The Morgan fingerprint density at radius 3 is 2.24 bits per heavy atom. The Balaban J connectivity index is 1.28. The fourth-order valence-electron chi connectivity index (χ4n) is 4.11. The minimum atomic E-state index is 0.148. The van der Waals surface area contributed by atoms with E-state index in [4.69, 9.17) is 0 Å². The number of carbonyl (C=O) groups is 1. The Morgan fingerprint density at radius 1 is 0.931 bits per heavy atom. The molecule has 1 aliphatic rings. The molecule has 4 heteroatoms. The van der Waals surface area contributed by atoms with Crippen LogP contribution in [-0.2, 0) is 6.42 Å². The summed E-state index contributed by atoms with van der Waals surface area (Å²) in [5.74, 6) is 0.148. The highest BCUT2D eigenvalue weighted by Gasteiger charge is 2.25. The molecule has 1 saturated heterocycles. The second kappa shape index (κ2) is 9.10. The molecule has 1 fully saturated rings. The fourth-order valence-corrected chi connectivity index (χ4v) is 4.11. The van der Waals surface area contributed by atoms with Gasteiger partial charge in [0.15, 0.2) is 0 Å². The van der Waals surface area contributed by atoms with Crippen LogP contribution < -0.4 is 0 Å². The van der Waals surface area contributed by atoms with Crippen molar-refractivity contribution >= 4 is 5.91 Å². The summed E-state index contributed by atoms with van der Waals surface area (Å²) < 4.78 is 2.05. The molecule has 3 aromatic rings. The summed E-state index contributed by atoms with van der Waals surface area (Å²) >= 11 is 0. The number of likely N-dealkylation sites (N-methyl/N-ethyl adjacent to an activating group) is 1. The van der Waals surface area contributed by atoms with Gasteiger partial charge in [-0.25, -0.2) is 0 Å². The number of carbonyl (C=O) groups excluding carboxylic acids is 1. The topological polar surface area (TPSA) is 28.5 Å². The van der Waals surface area contributed by atoms with Crippen LogP contribution in [-0.4, -0.2) is 53.0 Å². The number of nitrogens with zero attached hydrogens (tertiary/aromatic N) is 3. The molecule has 4 nitrogen and oxygen atoms in total. The Hall–Kier alpha value is -2.85. The van der Waals surface area contributed by atoms with Crippen LogP contribution in [0.4, 0.5) is 0 Å². The number of amides is 1. The zero-order chi connectivity index (χ0) is 20.1. The molecule has 0 unspecified atom stereocenters. The van der Waals surface area contributed by atoms with Gasteiger partial charge in [-0.2, -0.15) is 0 Å². The maximum Gasteiger partial charge on any atom is 0.253 e. The second-order valence-corrected chi connectivity index (χ2v) is 7.88. The lowest BCUT2D eigenvalue weighted by Crippen LogP contribution is -2.46. The van der Waals surface area contributed by atoms with Gasteiger partial charge in [-0.1, -0.05) is 30.3 Å². The summed E-state index contributed by atoms with van der Waals surface area (Å²) in [6, 6.07) is 23.1. The van der Waals surface area contributed by atoms with Gasteiger partial charge in [0.1, 0.15) is 0 Å². The molecule has 0 aliphatic carbocycles. The van der Waals surface area contributed by atoms with E-state index in [1.54, 1.807) is 0 Å². The highest BCUT2D eigenvalue weighted by molar-refractivity contribution is 5.94. The second-order valence-electron chi connectivity index (χ2n) is 7.88. The highest BCUT2D eigenvalue weighted by atomic mass is 16.2. The van der Waals surface area contributed by atoms with Crippen LogP contribution in [0.1, 0.15) is 28.8 Å². The molecule has 29 heavy (non-hydrogen) atoms. The maximum atomic E-state index is 12.9. The van der Waals surface area contributed by atoms with Crippen molar-refractivity contribution in [1.29, 1.82) is 0 Å². The van der Waals surface area contributed by atoms with E-state index in [0.717, 1.165) is 50.1 Å². The number of piperidine rings is 1. The molecule has 1 aliphatic heterocycles. The van der Waals surface area contributed by atoms with E-state index < -0.39 is 0 Å². The Kier molecular flexibility index (Phi) is 6.11. The maximum absolute atomic E-state index is 12.9. The van der Waals surface area contributed by atoms with Crippen molar-refractivity contribution in [1.82, 2.24) is 14.4 Å². The van der Waals surface area contributed by atoms with Gasteiger partial charge < -0.3 is 14.4 Å². The molecule has 1 amide bonds. The minimum absolute atomic E-state index is 0.148. The SMILES string of the molecule is CN(CCc1ccccc1)C1CCN(C(=O)c2ccc(-n3cccc3)cc2)CC1. The first kappa shape index (κ1) is 19.5. The van der Waals surface area contributed by atoms with Crippen molar-refractivity contribution < 1.29 is 4.79 Å². The lowest BCUT2D eigenvalue weighted by atomic mass is 10.0. The smallest absolute Gasteiger partial charge is 0.253 e. The largest absolute Gasteiger partial charge is 0.339 e. The fraction of sp³-hybridized carbons (Fsp3) is 0.320. The monoisotopic (exact) mass is 387 g/mol. The molecular weight excluding hydrogens is 358 g/mol. The van der Waals surface area contributed by atoms with Crippen molar-refractivity contribution in [3.05, 3.63) is 90.3 Å². The van der Waals surface area contributed by atoms with Gasteiger partial charge in [-0.05, 0) is 68.3 Å². The molecule has 150 valence electrons. The third kappa shape index (κ3) is 4.77. The van der Waals surface area contributed by atoms with Crippen molar-refractivity contribution in [2.24, 2.45) is 0 Å². The van der Waals surface area contributed by atoms with Gasteiger partial charge in [0.2, 0.25) is 0 Å². The average Bonchev–Trinajstić information content (AvgIpc) is 3.33. The van der Waals surface area contributed by atoms with Crippen LogP contribution in [0.25, 0.3) is 5.69 Å². The van der Waals surface area contributed by atoms with E-state index in [1.165, 1.54) is 5.56 Å².